The molecular weight excluding hydrogens is 342 g/mol. The van der Waals surface area contributed by atoms with Crippen LogP contribution >= 0.6 is 0 Å². The standard InChI is InChI=1S/C16H11F4N3O2/c17-12-3-1-10(2-4-12)5-7-23-8-6-11(9-13(23)24)14-21-15(25-22-14)16(18,19)20/h1-4,6,8-9H,5,7H2. The first kappa shape index (κ1) is 16.9. The van der Waals surface area contributed by atoms with Crippen molar-refractivity contribution in [3.63, 3.8) is 0 Å². The van der Waals surface area contributed by atoms with E-state index in [1.54, 1.807) is 12.1 Å². The topological polar surface area (TPSA) is 60.9 Å². The van der Waals surface area contributed by atoms with Gasteiger partial charge in [0.15, 0.2) is 0 Å². The minimum absolute atomic E-state index is 0.127. The first-order valence-electron chi connectivity index (χ1n) is 7.19. The summed E-state index contributed by atoms with van der Waals surface area (Å²) in [6.07, 6.45) is -2.81. The lowest BCUT2D eigenvalue weighted by Crippen LogP contribution is -2.19. The maximum atomic E-state index is 12.8. The minimum Gasteiger partial charge on any atom is -0.329 e. The summed E-state index contributed by atoms with van der Waals surface area (Å²) in [6.45, 7) is 0.338. The first-order chi connectivity index (χ1) is 11.8. The highest BCUT2D eigenvalue weighted by Gasteiger charge is 2.38. The molecule has 0 fully saturated rings. The van der Waals surface area contributed by atoms with Crippen molar-refractivity contribution >= 4 is 0 Å². The monoisotopic (exact) mass is 353 g/mol. The number of pyridine rings is 1. The zero-order chi connectivity index (χ0) is 18.0. The Bertz CT molecular complexity index is 930. The van der Waals surface area contributed by atoms with E-state index < -0.39 is 17.6 Å². The smallest absolute Gasteiger partial charge is 0.329 e. The number of hydrogen-bond donors (Lipinski definition) is 0. The molecule has 0 radical (unpaired) electrons. The van der Waals surface area contributed by atoms with Gasteiger partial charge in [0.1, 0.15) is 5.82 Å². The van der Waals surface area contributed by atoms with Crippen LogP contribution in [0.4, 0.5) is 17.6 Å². The second-order valence-corrected chi connectivity index (χ2v) is 5.24. The molecule has 0 N–H and O–H groups in total. The molecule has 3 aromatic rings. The zero-order valence-corrected chi connectivity index (χ0v) is 12.6. The molecule has 0 spiro atoms. The van der Waals surface area contributed by atoms with Crippen molar-refractivity contribution in [2.45, 2.75) is 19.1 Å². The van der Waals surface area contributed by atoms with Crippen LogP contribution in [0.5, 0.6) is 0 Å². The number of halogens is 4. The minimum atomic E-state index is -4.74. The molecule has 0 unspecified atom stereocenters. The summed E-state index contributed by atoms with van der Waals surface area (Å²) >= 11 is 0. The van der Waals surface area contributed by atoms with Crippen LogP contribution in [0.25, 0.3) is 11.4 Å². The third kappa shape index (κ3) is 3.93. The van der Waals surface area contributed by atoms with Gasteiger partial charge in [-0.05, 0) is 30.2 Å². The fourth-order valence-electron chi connectivity index (χ4n) is 2.19. The number of aryl methyl sites for hydroxylation is 2. The van der Waals surface area contributed by atoms with Crippen molar-refractivity contribution in [3.8, 4) is 11.4 Å². The lowest BCUT2D eigenvalue weighted by molar-refractivity contribution is -0.159. The van der Waals surface area contributed by atoms with Gasteiger partial charge in [-0.3, -0.25) is 4.79 Å². The van der Waals surface area contributed by atoms with E-state index in [1.165, 1.54) is 29.0 Å². The third-order valence-corrected chi connectivity index (χ3v) is 3.48. The number of alkyl halides is 3. The van der Waals surface area contributed by atoms with E-state index in [4.69, 9.17) is 0 Å². The van der Waals surface area contributed by atoms with Crippen LogP contribution in [0.2, 0.25) is 0 Å². The summed E-state index contributed by atoms with van der Waals surface area (Å²) in [6, 6.07) is 8.46. The third-order valence-electron chi connectivity index (χ3n) is 3.48. The van der Waals surface area contributed by atoms with Crippen LogP contribution in [-0.2, 0) is 19.1 Å². The highest BCUT2D eigenvalue weighted by molar-refractivity contribution is 5.52. The lowest BCUT2D eigenvalue weighted by Gasteiger charge is -2.06. The fourth-order valence-corrected chi connectivity index (χ4v) is 2.19. The predicted octanol–water partition coefficient (Wildman–Crippen LogP) is 3.30. The van der Waals surface area contributed by atoms with Crippen LogP contribution in [-0.4, -0.2) is 14.7 Å². The highest BCUT2D eigenvalue weighted by atomic mass is 19.4. The van der Waals surface area contributed by atoms with Crippen LogP contribution in [0, 0.1) is 5.82 Å². The van der Waals surface area contributed by atoms with E-state index >= 15 is 0 Å². The van der Waals surface area contributed by atoms with E-state index in [0.717, 1.165) is 11.6 Å². The van der Waals surface area contributed by atoms with E-state index in [9.17, 15) is 22.4 Å². The van der Waals surface area contributed by atoms with Gasteiger partial charge in [0, 0.05) is 24.4 Å². The molecule has 0 aliphatic rings. The van der Waals surface area contributed by atoms with E-state index in [-0.39, 0.29) is 17.2 Å². The summed E-state index contributed by atoms with van der Waals surface area (Å²) in [7, 11) is 0. The summed E-state index contributed by atoms with van der Waals surface area (Å²) in [5, 5.41) is 3.24. The Kier molecular flexibility index (Phi) is 4.39. The maximum absolute atomic E-state index is 12.8. The molecule has 2 heterocycles. The van der Waals surface area contributed by atoms with Crippen LogP contribution in [0.15, 0.2) is 51.9 Å². The molecule has 25 heavy (non-hydrogen) atoms. The van der Waals surface area contributed by atoms with Crippen LogP contribution in [0.1, 0.15) is 11.5 Å². The lowest BCUT2D eigenvalue weighted by atomic mass is 10.1. The number of aromatic nitrogens is 3. The summed E-state index contributed by atoms with van der Waals surface area (Å²) < 4.78 is 55.8. The van der Waals surface area contributed by atoms with Gasteiger partial charge in [0.05, 0.1) is 0 Å². The molecule has 2 aromatic heterocycles. The quantitative estimate of drug-likeness (QED) is 0.675. The van der Waals surface area contributed by atoms with Gasteiger partial charge >= 0.3 is 12.1 Å². The van der Waals surface area contributed by atoms with E-state index in [0.29, 0.717) is 13.0 Å². The Morgan fingerprint density at radius 1 is 1.12 bits per heavy atom. The molecule has 0 aliphatic carbocycles. The Balaban J connectivity index is 1.75. The molecule has 3 rings (SSSR count). The maximum Gasteiger partial charge on any atom is 0.471 e. The molecule has 5 nitrogen and oxygen atoms in total. The van der Waals surface area contributed by atoms with Gasteiger partial charge in [-0.2, -0.15) is 18.2 Å². The SMILES string of the molecule is O=c1cc(-c2noc(C(F)(F)F)n2)ccn1CCc1ccc(F)cc1. The van der Waals surface area contributed by atoms with Gasteiger partial charge < -0.3 is 9.09 Å². The average Bonchev–Trinajstić information content (AvgIpc) is 3.05. The van der Waals surface area contributed by atoms with Gasteiger partial charge in [-0.1, -0.05) is 17.3 Å². The second-order valence-electron chi connectivity index (χ2n) is 5.24. The van der Waals surface area contributed by atoms with Crippen LogP contribution < -0.4 is 5.56 Å². The normalized spacial score (nSPS) is 11.7. The first-order valence-corrected chi connectivity index (χ1v) is 7.19. The largest absolute Gasteiger partial charge is 0.471 e. The molecule has 0 amide bonds. The Morgan fingerprint density at radius 3 is 2.44 bits per heavy atom. The number of hydrogen-bond acceptors (Lipinski definition) is 4. The molecule has 0 saturated carbocycles. The summed E-state index contributed by atoms with van der Waals surface area (Å²) in [5.74, 6) is -2.12. The van der Waals surface area contributed by atoms with Crippen molar-refractivity contribution in [1.82, 2.24) is 14.7 Å². The molecule has 9 heteroatoms. The molecule has 0 atom stereocenters. The number of nitrogens with zero attached hydrogens (tertiary/aromatic N) is 3. The van der Waals surface area contributed by atoms with Crippen molar-refractivity contribution in [2.24, 2.45) is 0 Å². The van der Waals surface area contributed by atoms with Gasteiger partial charge in [0.2, 0.25) is 5.82 Å². The van der Waals surface area contributed by atoms with E-state index in [1.807, 2.05) is 0 Å². The second kappa shape index (κ2) is 6.50. The van der Waals surface area contributed by atoms with Crippen molar-refractivity contribution in [3.05, 3.63) is 70.2 Å². The molecule has 0 bridgehead atoms. The summed E-state index contributed by atoms with van der Waals surface area (Å²) in [5.41, 5.74) is 0.561. The summed E-state index contributed by atoms with van der Waals surface area (Å²) in [4.78, 5) is 15.3. The Hall–Kier alpha value is -2.97. The van der Waals surface area contributed by atoms with Crippen LogP contribution in [0.3, 0.4) is 0 Å². The Labute approximate surface area is 138 Å². The average molecular weight is 353 g/mol. The fraction of sp³-hybridized carbons (Fsp3) is 0.188. The molecule has 0 saturated heterocycles. The van der Waals surface area contributed by atoms with Crippen molar-refractivity contribution in [2.75, 3.05) is 0 Å². The highest BCUT2D eigenvalue weighted by Crippen LogP contribution is 2.29. The predicted molar refractivity (Wildman–Crippen MR) is 79.1 cm³/mol. The number of rotatable bonds is 4. The molecule has 0 aliphatic heterocycles. The zero-order valence-electron chi connectivity index (χ0n) is 12.6. The molecular formula is C16H11F4N3O2. The van der Waals surface area contributed by atoms with E-state index in [2.05, 4.69) is 14.7 Å². The van der Waals surface area contributed by atoms with Gasteiger partial charge in [0.25, 0.3) is 5.56 Å². The molecule has 1 aromatic carbocycles. The Morgan fingerprint density at radius 2 is 1.84 bits per heavy atom. The van der Waals surface area contributed by atoms with Gasteiger partial charge in [-0.15, -0.1) is 0 Å². The van der Waals surface area contributed by atoms with Crippen molar-refractivity contribution in [1.29, 1.82) is 0 Å². The van der Waals surface area contributed by atoms with Crippen molar-refractivity contribution < 1.29 is 22.1 Å². The molecule has 130 valence electrons. The van der Waals surface area contributed by atoms with Gasteiger partial charge in [-0.25, -0.2) is 4.39 Å². The number of benzene rings is 1.